The first kappa shape index (κ1) is 22.0. The van der Waals surface area contributed by atoms with E-state index in [-0.39, 0.29) is 23.8 Å². The molecule has 0 radical (unpaired) electrons. The Bertz CT molecular complexity index is 766. The van der Waals surface area contributed by atoms with Crippen molar-refractivity contribution in [3.8, 4) is 0 Å². The van der Waals surface area contributed by atoms with Crippen LogP contribution in [0.1, 0.15) is 81.5 Å². The Morgan fingerprint density at radius 2 is 1.50 bits per heavy atom. The van der Waals surface area contributed by atoms with E-state index in [9.17, 15) is 14.4 Å². The van der Waals surface area contributed by atoms with Gasteiger partial charge < -0.3 is 5.32 Å². The van der Waals surface area contributed by atoms with Crippen LogP contribution in [0.25, 0.3) is 0 Å². The summed E-state index contributed by atoms with van der Waals surface area (Å²) >= 11 is 0. The number of nitrogens with one attached hydrogen (secondary N) is 2. The van der Waals surface area contributed by atoms with Crippen molar-refractivity contribution in [3.63, 3.8) is 0 Å². The van der Waals surface area contributed by atoms with Crippen LogP contribution in [0.15, 0.2) is 35.4 Å². The van der Waals surface area contributed by atoms with Gasteiger partial charge in [-0.05, 0) is 44.7 Å². The summed E-state index contributed by atoms with van der Waals surface area (Å²) in [5, 5.41) is 7.06. The Morgan fingerprint density at radius 3 is 2.13 bits per heavy atom. The molecule has 4 amide bonds. The van der Waals surface area contributed by atoms with Crippen LogP contribution in [-0.4, -0.2) is 40.5 Å². The van der Waals surface area contributed by atoms with Gasteiger partial charge >= 0.3 is 6.03 Å². The molecule has 2 fully saturated rings. The van der Waals surface area contributed by atoms with Crippen LogP contribution >= 0.6 is 0 Å². The van der Waals surface area contributed by atoms with Gasteiger partial charge in [-0.3, -0.25) is 14.5 Å². The number of hydrazone groups is 1. The van der Waals surface area contributed by atoms with E-state index in [4.69, 9.17) is 0 Å². The minimum absolute atomic E-state index is 0.101. The van der Waals surface area contributed by atoms with E-state index < -0.39 is 11.8 Å². The molecule has 30 heavy (non-hydrogen) atoms. The Hall–Kier alpha value is -2.70. The zero-order chi connectivity index (χ0) is 21.3. The number of carbonyl (C=O) groups excluding carboxylic acids is 3. The maximum atomic E-state index is 13.2. The molecule has 2 N–H and O–H groups in total. The highest BCUT2D eigenvalue weighted by Gasteiger charge is 2.33. The third-order valence-electron chi connectivity index (χ3n) is 5.98. The molecule has 0 aromatic heterocycles. The van der Waals surface area contributed by atoms with E-state index in [0.29, 0.717) is 5.56 Å². The second kappa shape index (κ2) is 10.9. The van der Waals surface area contributed by atoms with Crippen LogP contribution in [0.4, 0.5) is 4.79 Å². The minimum Gasteiger partial charge on any atom is -0.335 e. The van der Waals surface area contributed by atoms with E-state index in [0.717, 1.165) is 57.8 Å². The molecule has 1 aromatic rings. The number of benzene rings is 1. The number of urea groups is 1. The largest absolute Gasteiger partial charge is 0.335 e. The van der Waals surface area contributed by atoms with Crippen molar-refractivity contribution < 1.29 is 14.4 Å². The Labute approximate surface area is 178 Å². The molecule has 0 bridgehead atoms. The van der Waals surface area contributed by atoms with Gasteiger partial charge in [0.15, 0.2) is 0 Å². The number of hydrogen-bond donors (Lipinski definition) is 2. The van der Waals surface area contributed by atoms with Gasteiger partial charge in [0, 0.05) is 17.6 Å². The predicted octanol–water partition coefficient (Wildman–Crippen LogP) is 4.00. The van der Waals surface area contributed by atoms with Crippen molar-refractivity contribution in [3.05, 3.63) is 35.9 Å². The summed E-state index contributed by atoms with van der Waals surface area (Å²) in [5.41, 5.74) is 2.99. The van der Waals surface area contributed by atoms with Crippen LogP contribution < -0.4 is 10.7 Å². The number of carbonyl (C=O) groups is 3. The maximum absolute atomic E-state index is 13.2. The molecule has 1 aromatic carbocycles. The molecule has 0 aliphatic heterocycles. The van der Waals surface area contributed by atoms with Gasteiger partial charge in [0.25, 0.3) is 11.8 Å². The smallest absolute Gasteiger partial charge is 0.324 e. The lowest BCUT2D eigenvalue weighted by molar-refractivity contribution is -0.123. The molecule has 162 valence electrons. The van der Waals surface area contributed by atoms with E-state index in [2.05, 4.69) is 15.8 Å². The first-order chi connectivity index (χ1) is 14.6. The second-order valence-electron chi connectivity index (χ2n) is 8.26. The highest BCUT2D eigenvalue weighted by molar-refractivity contribution is 6.40. The normalized spacial score (nSPS) is 18.5. The molecular weight excluding hydrogens is 380 g/mol. The van der Waals surface area contributed by atoms with Gasteiger partial charge in [-0.25, -0.2) is 10.2 Å². The highest BCUT2D eigenvalue weighted by Crippen LogP contribution is 2.24. The van der Waals surface area contributed by atoms with Gasteiger partial charge in [-0.2, -0.15) is 5.10 Å². The van der Waals surface area contributed by atoms with Crippen molar-refractivity contribution in [2.45, 2.75) is 83.2 Å². The summed E-state index contributed by atoms with van der Waals surface area (Å²) in [7, 11) is 0. The Morgan fingerprint density at radius 1 is 0.900 bits per heavy atom. The maximum Gasteiger partial charge on any atom is 0.324 e. The molecule has 0 atom stereocenters. The minimum atomic E-state index is -0.441. The van der Waals surface area contributed by atoms with Crippen molar-refractivity contribution in [2.75, 3.05) is 0 Å². The number of imide groups is 1. The fourth-order valence-corrected chi connectivity index (χ4v) is 4.27. The molecule has 0 spiro atoms. The van der Waals surface area contributed by atoms with E-state index in [1.165, 1.54) is 18.2 Å². The number of amides is 4. The molecule has 7 nitrogen and oxygen atoms in total. The van der Waals surface area contributed by atoms with Crippen molar-refractivity contribution in [1.29, 1.82) is 0 Å². The monoisotopic (exact) mass is 412 g/mol. The van der Waals surface area contributed by atoms with Gasteiger partial charge in [0.05, 0.1) is 0 Å². The molecule has 2 aliphatic carbocycles. The van der Waals surface area contributed by atoms with Crippen LogP contribution in [0.3, 0.4) is 0 Å². The van der Waals surface area contributed by atoms with Gasteiger partial charge in [0.1, 0.15) is 5.71 Å². The first-order valence-electron chi connectivity index (χ1n) is 11.1. The summed E-state index contributed by atoms with van der Waals surface area (Å²) in [6.45, 7) is 1.54. The standard InChI is InChI=1S/C23H32N4O3/c1-17(25-26-21(28)18-11-5-2-6-12-18)22(29)27(20-15-9-4-10-16-20)23(30)24-19-13-7-3-8-14-19/h2,5-6,11-12,19-20H,3-4,7-10,13-16H2,1H3,(H,24,30)(H,26,28)/b25-17+. The zero-order valence-electron chi connectivity index (χ0n) is 17.7. The average Bonchev–Trinajstić information content (AvgIpc) is 2.79. The van der Waals surface area contributed by atoms with E-state index >= 15 is 0 Å². The van der Waals surface area contributed by atoms with E-state index in [1.807, 2.05) is 6.07 Å². The molecule has 0 unspecified atom stereocenters. The molecule has 0 saturated heterocycles. The van der Waals surface area contributed by atoms with Crippen molar-refractivity contribution in [1.82, 2.24) is 15.6 Å². The zero-order valence-corrected chi connectivity index (χ0v) is 17.7. The summed E-state index contributed by atoms with van der Waals surface area (Å²) in [4.78, 5) is 39.8. The molecule has 7 heteroatoms. The number of rotatable bonds is 5. The molecule has 2 aliphatic rings. The third-order valence-corrected chi connectivity index (χ3v) is 5.98. The highest BCUT2D eigenvalue weighted by atomic mass is 16.2. The Balaban J connectivity index is 1.69. The van der Waals surface area contributed by atoms with Gasteiger partial charge in [-0.15, -0.1) is 0 Å². The predicted molar refractivity (Wildman–Crippen MR) is 116 cm³/mol. The number of hydrogen-bond acceptors (Lipinski definition) is 4. The second-order valence-corrected chi connectivity index (χ2v) is 8.26. The summed E-state index contributed by atoms with van der Waals surface area (Å²) in [5.74, 6) is -0.831. The van der Waals surface area contributed by atoms with Gasteiger partial charge in [0.2, 0.25) is 0 Å². The molecule has 3 rings (SSSR count). The summed E-state index contributed by atoms with van der Waals surface area (Å²) in [6, 6.07) is 8.37. The SMILES string of the molecule is C/C(=N\NC(=O)c1ccccc1)C(=O)N(C(=O)NC1CCCCC1)C1CCCCC1. The van der Waals surface area contributed by atoms with Crippen molar-refractivity contribution >= 4 is 23.6 Å². The molecule has 0 heterocycles. The quantitative estimate of drug-likeness (QED) is 0.566. The first-order valence-corrected chi connectivity index (χ1v) is 11.1. The summed E-state index contributed by atoms with van der Waals surface area (Å²) < 4.78 is 0. The van der Waals surface area contributed by atoms with Crippen LogP contribution in [0.5, 0.6) is 0 Å². The molecule has 2 saturated carbocycles. The Kier molecular flexibility index (Phi) is 7.99. The van der Waals surface area contributed by atoms with Crippen LogP contribution in [0.2, 0.25) is 0 Å². The lowest BCUT2D eigenvalue weighted by atomic mass is 9.93. The average molecular weight is 413 g/mol. The van der Waals surface area contributed by atoms with Crippen LogP contribution in [0, 0.1) is 0 Å². The van der Waals surface area contributed by atoms with Gasteiger partial charge in [-0.1, -0.05) is 56.7 Å². The molecular formula is C23H32N4O3. The lowest BCUT2D eigenvalue weighted by Gasteiger charge is -2.34. The number of nitrogens with zero attached hydrogens (tertiary/aromatic N) is 2. The topological polar surface area (TPSA) is 90.9 Å². The van der Waals surface area contributed by atoms with Crippen molar-refractivity contribution in [2.24, 2.45) is 5.10 Å². The lowest BCUT2D eigenvalue weighted by Crippen LogP contribution is -2.54. The fourth-order valence-electron chi connectivity index (χ4n) is 4.27. The fraction of sp³-hybridized carbons (Fsp3) is 0.565. The van der Waals surface area contributed by atoms with E-state index in [1.54, 1.807) is 24.3 Å². The van der Waals surface area contributed by atoms with Crippen LogP contribution in [-0.2, 0) is 4.79 Å². The summed E-state index contributed by atoms with van der Waals surface area (Å²) in [6.07, 6.45) is 10.1. The third kappa shape index (κ3) is 5.90.